The predicted molar refractivity (Wildman–Crippen MR) is 133 cm³/mol. The van der Waals surface area contributed by atoms with Gasteiger partial charge in [0.05, 0.1) is 13.2 Å². The van der Waals surface area contributed by atoms with Crippen LogP contribution in [0.4, 0.5) is 18.0 Å². The van der Waals surface area contributed by atoms with Crippen molar-refractivity contribution < 1.29 is 42.2 Å². The molecule has 3 rings (SSSR count). The van der Waals surface area contributed by atoms with Crippen molar-refractivity contribution in [2.24, 2.45) is 11.7 Å². The molecule has 13 heteroatoms. The fourth-order valence-corrected chi connectivity index (χ4v) is 3.91. The number of urea groups is 1. The standard InChI is InChI=1S/C23H28ClN3O4.C2HF3O2/c24-20-14-19(15-21(16-20)30-11-4-12-31-26-23(25)29)22(28)27-9-7-18(8-10-27)13-17-5-2-1-3-6-17;3-2(4,5)1(6)7/h1-3,5-6,14-16,18H,4,7-13H2,(H3,25,26,29);(H,6,7). The molecule has 1 aliphatic heterocycles. The molecule has 0 aromatic heterocycles. The van der Waals surface area contributed by atoms with E-state index in [2.05, 4.69) is 24.3 Å². The van der Waals surface area contributed by atoms with Crippen LogP contribution in [-0.2, 0) is 16.1 Å². The van der Waals surface area contributed by atoms with Gasteiger partial charge in [-0.2, -0.15) is 13.2 Å². The lowest BCUT2D eigenvalue weighted by molar-refractivity contribution is -0.192. The number of piperidine rings is 1. The van der Waals surface area contributed by atoms with Crippen molar-refractivity contribution in [3.05, 3.63) is 64.7 Å². The number of hydrogen-bond donors (Lipinski definition) is 3. The van der Waals surface area contributed by atoms with Crippen molar-refractivity contribution >= 4 is 29.5 Å². The minimum atomic E-state index is -5.08. The monoisotopic (exact) mass is 559 g/mol. The largest absolute Gasteiger partial charge is 0.493 e. The lowest BCUT2D eigenvalue weighted by atomic mass is 9.90. The van der Waals surface area contributed by atoms with Gasteiger partial charge in [0.25, 0.3) is 5.91 Å². The summed E-state index contributed by atoms with van der Waals surface area (Å²) in [5.74, 6) is -1.67. The highest BCUT2D eigenvalue weighted by Crippen LogP contribution is 2.26. The first-order chi connectivity index (χ1) is 18.0. The molecule has 1 saturated heterocycles. The number of hydrogen-bond acceptors (Lipinski definition) is 5. The quantitative estimate of drug-likeness (QED) is 0.307. The third-order valence-corrected chi connectivity index (χ3v) is 5.68. The van der Waals surface area contributed by atoms with Crippen LogP contribution in [0.2, 0.25) is 5.02 Å². The number of amides is 3. The number of halogens is 4. The Labute approximate surface area is 222 Å². The van der Waals surface area contributed by atoms with E-state index in [1.165, 1.54) is 5.56 Å². The van der Waals surface area contributed by atoms with Gasteiger partial charge in [-0.1, -0.05) is 41.9 Å². The summed E-state index contributed by atoms with van der Waals surface area (Å²) in [6, 6.07) is 14.8. The molecule has 0 spiro atoms. The Bertz CT molecular complexity index is 1060. The summed E-state index contributed by atoms with van der Waals surface area (Å²) in [6.07, 6.45) is -1.52. The Balaban J connectivity index is 0.000000638. The normalized spacial score (nSPS) is 13.7. The minimum absolute atomic E-state index is 0.0282. The van der Waals surface area contributed by atoms with Crippen molar-refractivity contribution in [1.29, 1.82) is 0 Å². The van der Waals surface area contributed by atoms with Gasteiger partial charge in [0.15, 0.2) is 0 Å². The van der Waals surface area contributed by atoms with E-state index in [-0.39, 0.29) is 12.5 Å². The van der Waals surface area contributed by atoms with Crippen LogP contribution in [0.3, 0.4) is 0 Å². The minimum Gasteiger partial charge on any atom is -0.493 e. The molecule has 1 fully saturated rings. The number of nitrogens with zero attached hydrogens (tertiary/aromatic N) is 1. The molecule has 3 amide bonds. The summed E-state index contributed by atoms with van der Waals surface area (Å²) in [6.45, 7) is 2.08. The fraction of sp³-hybridized carbons (Fsp3) is 0.400. The van der Waals surface area contributed by atoms with Crippen molar-refractivity contribution in [1.82, 2.24) is 10.4 Å². The summed E-state index contributed by atoms with van der Waals surface area (Å²) in [7, 11) is 0. The zero-order chi connectivity index (χ0) is 28.1. The van der Waals surface area contributed by atoms with E-state index >= 15 is 0 Å². The van der Waals surface area contributed by atoms with Gasteiger partial charge in [0, 0.05) is 30.1 Å². The molecule has 0 atom stereocenters. The fourth-order valence-electron chi connectivity index (χ4n) is 3.68. The van der Waals surface area contributed by atoms with E-state index in [1.807, 2.05) is 16.4 Å². The number of carboxylic acids is 1. The highest BCUT2D eigenvalue weighted by molar-refractivity contribution is 6.31. The van der Waals surface area contributed by atoms with Crippen molar-refractivity contribution in [3.63, 3.8) is 0 Å². The van der Waals surface area contributed by atoms with Crippen LogP contribution in [0, 0.1) is 5.92 Å². The average molecular weight is 560 g/mol. The number of carbonyl (C=O) groups is 3. The van der Waals surface area contributed by atoms with E-state index in [0.29, 0.717) is 35.3 Å². The molecule has 2 aromatic carbocycles. The number of benzene rings is 2. The second kappa shape index (κ2) is 15.0. The number of ether oxygens (including phenoxy) is 1. The van der Waals surface area contributed by atoms with Crippen LogP contribution >= 0.6 is 11.6 Å². The van der Waals surface area contributed by atoms with E-state index in [0.717, 1.165) is 32.4 Å². The third kappa shape index (κ3) is 11.3. The molecule has 9 nitrogen and oxygen atoms in total. The molecule has 0 aliphatic carbocycles. The summed E-state index contributed by atoms with van der Waals surface area (Å²) in [5.41, 5.74) is 8.82. The van der Waals surface area contributed by atoms with Gasteiger partial charge in [0.2, 0.25) is 0 Å². The molecule has 38 heavy (non-hydrogen) atoms. The van der Waals surface area contributed by atoms with Gasteiger partial charge in [0.1, 0.15) is 5.75 Å². The number of alkyl halides is 3. The Hall–Kier alpha value is -3.51. The first kappa shape index (κ1) is 30.7. The highest BCUT2D eigenvalue weighted by atomic mass is 35.5. The SMILES string of the molecule is NC(=O)NOCCCOc1cc(Cl)cc(C(=O)N2CCC(Cc3ccccc3)CC2)c1.O=C(O)C(F)(F)F. The number of carbonyl (C=O) groups excluding carboxylic acids is 2. The van der Waals surface area contributed by atoms with Crippen LogP contribution in [0.15, 0.2) is 48.5 Å². The second-order valence-corrected chi connectivity index (χ2v) is 8.86. The maximum Gasteiger partial charge on any atom is 0.490 e. The van der Waals surface area contributed by atoms with Gasteiger partial charge in [-0.05, 0) is 48.9 Å². The number of nitrogens with two attached hydrogens (primary N) is 1. The van der Waals surface area contributed by atoms with E-state index in [1.54, 1.807) is 18.2 Å². The lowest BCUT2D eigenvalue weighted by Gasteiger charge is -2.32. The molecule has 0 unspecified atom stereocenters. The van der Waals surface area contributed by atoms with Gasteiger partial charge in [-0.15, -0.1) is 0 Å². The molecule has 1 heterocycles. The van der Waals surface area contributed by atoms with Crippen LogP contribution in [0.1, 0.15) is 35.2 Å². The first-order valence-corrected chi connectivity index (χ1v) is 12.1. The summed E-state index contributed by atoms with van der Waals surface area (Å²) in [4.78, 5) is 39.2. The predicted octanol–water partition coefficient (Wildman–Crippen LogP) is 4.44. The first-order valence-electron chi connectivity index (χ1n) is 11.7. The van der Waals surface area contributed by atoms with Crippen LogP contribution < -0.4 is 16.0 Å². The molecule has 2 aromatic rings. The molecule has 0 saturated carbocycles. The average Bonchev–Trinajstić information content (AvgIpc) is 2.86. The third-order valence-electron chi connectivity index (χ3n) is 5.46. The Kier molecular flexibility index (Phi) is 12.2. The number of hydroxylamine groups is 1. The second-order valence-electron chi connectivity index (χ2n) is 8.42. The number of carboxylic acid groups (broad SMARTS) is 1. The molecular weight excluding hydrogens is 531 g/mol. The van der Waals surface area contributed by atoms with E-state index in [9.17, 15) is 22.8 Å². The number of rotatable bonds is 9. The smallest absolute Gasteiger partial charge is 0.490 e. The van der Waals surface area contributed by atoms with Gasteiger partial charge in [-0.3, -0.25) is 9.63 Å². The van der Waals surface area contributed by atoms with Gasteiger partial charge in [-0.25, -0.2) is 15.1 Å². The summed E-state index contributed by atoms with van der Waals surface area (Å²) in [5, 5.41) is 7.58. The molecule has 0 bridgehead atoms. The molecule has 0 radical (unpaired) electrons. The number of primary amides is 1. The maximum atomic E-state index is 13.0. The number of aliphatic carboxylic acids is 1. The van der Waals surface area contributed by atoms with E-state index < -0.39 is 18.2 Å². The summed E-state index contributed by atoms with van der Waals surface area (Å²) < 4.78 is 37.4. The molecule has 1 aliphatic rings. The molecular formula is C25H29ClF3N3O6. The Morgan fingerprint density at radius 1 is 1.08 bits per heavy atom. The van der Waals surface area contributed by atoms with Crippen LogP contribution in [-0.4, -0.2) is 60.4 Å². The lowest BCUT2D eigenvalue weighted by Crippen LogP contribution is -2.38. The maximum absolute atomic E-state index is 13.0. The highest BCUT2D eigenvalue weighted by Gasteiger charge is 2.38. The topological polar surface area (TPSA) is 131 Å². The molecule has 208 valence electrons. The van der Waals surface area contributed by atoms with Crippen LogP contribution in [0.5, 0.6) is 5.75 Å². The Morgan fingerprint density at radius 3 is 2.29 bits per heavy atom. The number of likely N-dealkylation sites (tertiary alicyclic amines) is 1. The van der Waals surface area contributed by atoms with Gasteiger partial charge >= 0.3 is 18.2 Å². The van der Waals surface area contributed by atoms with Crippen LogP contribution in [0.25, 0.3) is 0 Å². The summed E-state index contributed by atoms with van der Waals surface area (Å²) >= 11 is 6.21. The van der Waals surface area contributed by atoms with Gasteiger partial charge < -0.3 is 20.5 Å². The Morgan fingerprint density at radius 2 is 1.71 bits per heavy atom. The molecule has 4 N–H and O–H groups in total. The van der Waals surface area contributed by atoms with Crippen molar-refractivity contribution in [2.75, 3.05) is 26.3 Å². The van der Waals surface area contributed by atoms with Crippen molar-refractivity contribution in [2.45, 2.75) is 31.9 Å². The zero-order valence-electron chi connectivity index (χ0n) is 20.4. The zero-order valence-corrected chi connectivity index (χ0v) is 21.1. The number of nitrogens with one attached hydrogen (secondary N) is 1. The van der Waals surface area contributed by atoms with Crippen molar-refractivity contribution in [3.8, 4) is 5.75 Å². The van der Waals surface area contributed by atoms with E-state index in [4.69, 9.17) is 36.8 Å².